The molecule has 0 aromatic heterocycles. The Bertz CT molecular complexity index is 717. The van der Waals surface area contributed by atoms with Crippen LogP contribution in [-0.4, -0.2) is 37.7 Å². The summed E-state index contributed by atoms with van der Waals surface area (Å²) < 4.78 is 0.358. The van der Waals surface area contributed by atoms with E-state index in [0.717, 1.165) is 11.8 Å². The molecule has 1 amide bonds. The van der Waals surface area contributed by atoms with Gasteiger partial charge in [-0.3, -0.25) is 24.6 Å². The molecule has 1 aromatic rings. The van der Waals surface area contributed by atoms with Crippen molar-refractivity contribution in [2.45, 2.75) is 12.8 Å². The number of carbonyl (C=O) groups is 2. The summed E-state index contributed by atoms with van der Waals surface area (Å²) in [6.45, 7) is 0.239. The standard InChI is InChI=1S/C14H12N2O5S2/c17-12(18)5-2-6-15-13(19)11(23-14(15)22)8-9-3-1-4-10(7-9)16(20)21/h1,3-4,7-8H,2,5-6H2,(H,17,18)/b11-8+. The SMILES string of the molecule is O=C(O)CCCN1C(=O)/C(=C\c2cccc([N+](=O)[O-])c2)SC1=S. The number of benzene rings is 1. The van der Waals surface area contributed by atoms with E-state index in [1.54, 1.807) is 12.1 Å². The molecule has 1 saturated heterocycles. The Morgan fingerprint density at radius 1 is 1.48 bits per heavy atom. The zero-order valence-corrected chi connectivity index (χ0v) is 13.4. The van der Waals surface area contributed by atoms with Crippen LogP contribution in [0, 0.1) is 10.1 Å². The van der Waals surface area contributed by atoms with E-state index in [4.69, 9.17) is 17.3 Å². The summed E-state index contributed by atoms with van der Waals surface area (Å²) in [7, 11) is 0. The maximum Gasteiger partial charge on any atom is 0.303 e. The van der Waals surface area contributed by atoms with E-state index in [1.807, 2.05) is 0 Å². The van der Waals surface area contributed by atoms with Gasteiger partial charge in [0.15, 0.2) is 0 Å². The van der Waals surface area contributed by atoms with E-state index >= 15 is 0 Å². The Balaban J connectivity index is 2.13. The van der Waals surface area contributed by atoms with Crippen LogP contribution < -0.4 is 0 Å². The number of hydrogen-bond donors (Lipinski definition) is 1. The number of nitro benzene ring substituents is 1. The summed E-state index contributed by atoms with van der Waals surface area (Å²) in [5, 5.41) is 19.4. The molecule has 2 rings (SSSR count). The molecule has 9 heteroatoms. The van der Waals surface area contributed by atoms with Gasteiger partial charge in [0.05, 0.1) is 9.83 Å². The Kier molecular flexibility index (Phi) is 5.45. The van der Waals surface area contributed by atoms with Crippen molar-refractivity contribution < 1.29 is 19.6 Å². The molecule has 1 heterocycles. The molecule has 1 fully saturated rings. The van der Waals surface area contributed by atoms with Crippen LogP contribution in [0.1, 0.15) is 18.4 Å². The predicted octanol–water partition coefficient (Wildman–Crippen LogP) is 2.66. The number of non-ortho nitro benzene ring substituents is 1. The number of carboxylic acids is 1. The van der Waals surface area contributed by atoms with Crippen LogP contribution in [0.3, 0.4) is 0 Å². The van der Waals surface area contributed by atoms with Gasteiger partial charge in [-0.05, 0) is 18.1 Å². The minimum atomic E-state index is -0.928. The van der Waals surface area contributed by atoms with Crippen molar-refractivity contribution in [3.05, 3.63) is 44.8 Å². The van der Waals surface area contributed by atoms with E-state index in [1.165, 1.54) is 23.1 Å². The molecule has 1 aromatic carbocycles. The maximum absolute atomic E-state index is 12.3. The molecule has 0 unspecified atom stereocenters. The van der Waals surface area contributed by atoms with Crippen molar-refractivity contribution in [2.75, 3.05) is 6.54 Å². The second-order valence-corrected chi connectivity index (χ2v) is 6.36. The summed E-state index contributed by atoms with van der Waals surface area (Å²) in [5.74, 6) is -1.24. The van der Waals surface area contributed by atoms with Gasteiger partial charge in [-0.25, -0.2) is 0 Å². The van der Waals surface area contributed by atoms with Crippen molar-refractivity contribution in [1.82, 2.24) is 4.90 Å². The number of rotatable bonds is 6. The molecule has 0 radical (unpaired) electrons. The summed E-state index contributed by atoms with van der Waals surface area (Å²) in [6.07, 6.45) is 1.82. The van der Waals surface area contributed by atoms with Crippen molar-refractivity contribution in [3.8, 4) is 0 Å². The number of carboxylic acid groups (broad SMARTS) is 1. The average Bonchev–Trinajstić information content (AvgIpc) is 2.74. The fourth-order valence-electron chi connectivity index (χ4n) is 1.96. The van der Waals surface area contributed by atoms with Crippen LogP contribution in [0.15, 0.2) is 29.2 Å². The van der Waals surface area contributed by atoms with E-state index < -0.39 is 10.9 Å². The van der Waals surface area contributed by atoms with Crippen molar-refractivity contribution in [1.29, 1.82) is 0 Å². The molecule has 0 spiro atoms. The molecule has 0 bridgehead atoms. The van der Waals surface area contributed by atoms with Gasteiger partial charge in [-0.2, -0.15) is 0 Å². The van der Waals surface area contributed by atoms with Crippen LogP contribution in [-0.2, 0) is 9.59 Å². The molecule has 7 nitrogen and oxygen atoms in total. The molecule has 1 aliphatic rings. The van der Waals surface area contributed by atoms with Crippen LogP contribution in [0.5, 0.6) is 0 Å². The highest BCUT2D eigenvalue weighted by molar-refractivity contribution is 8.26. The van der Waals surface area contributed by atoms with Gasteiger partial charge in [-0.1, -0.05) is 36.1 Å². The summed E-state index contributed by atoms with van der Waals surface area (Å²) >= 11 is 6.23. The van der Waals surface area contributed by atoms with Gasteiger partial charge in [0, 0.05) is 25.1 Å². The van der Waals surface area contributed by atoms with Gasteiger partial charge < -0.3 is 5.11 Å². The fraction of sp³-hybridized carbons (Fsp3) is 0.214. The summed E-state index contributed by atoms with van der Waals surface area (Å²) in [5.41, 5.74) is 0.473. The first-order valence-electron chi connectivity index (χ1n) is 6.60. The van der Waals surface area contributed by atoms with E-state index in [9.17, 15) is 19.7 Å². The lowest BCUT2D eigenvalue weighted by atomic mass is 10.2. The molecule has 23 heavy (non-hydrogen) atoms. The molecule has 1 aliphatic heterocycles. The molecule has 0 saturated carbocycles. The number of nitrogens with zero attached hydrogens (tertiary/aromatic N) is 2. The van der Waals surface area contributed by atoms with E-state index in [0.29, 0.717) is 21.2 Å². The molecule has 1 N–H and O–H groups in total. The molecule has 120 valence electrons. The lowest BCUT2D eigenvalue weighted by Crippen LogP contribution is -2.29. The Hall–Kier alpha value is -2.26. The average molecular weight is 352 g/mol. The maximum atomic E-state index is 12.3. The third-order valence-corrected chi connectivity index (χ3v) is 4.40. The number of hydrogen-bond acceptors (Lipinski definition) is 6. The first-order chi connectivity index (χ1) is 10.9. The van der Waals surface area contributed by atoms with Crippen molar-refractivity contribution in [3.63, 3.8) is 0 Å². The number of thiocarbonyl (C=S) groups is 1. The normalized spacial score (nSPS) is 16.2. The van der Waals surface area contributed by atoms with E-state index in [-0.39, 0.29) is 24.6 Å². The first-order valence-corrected chi connectivity index (χ1v) is 7.82. The highest BCUT2D eigenvalue weighted by Crippen LogP contribution is 2.33. The van der Waals surface area contributed by atoms with Gasteiger partial charge in [0.1, 0.15) is 4.32 Å². The fourth-order valence-corrected chi connectivity index (χ4v) is 3.27. The number of amides is 1. The second kappa shape index (κ2) is 7.34. The molecular weight excluding hydrogens is 340 g/mol. The van der Waals surface area contributed by atoms with Crippen LogP contribution >= 0.6 is 24.0 Å². The zero-order chi connectivity index (χ0) is 17.0. The minimum Gasteiger partial charge on any atom is -0.481 e. The van der Waals surface area contributed by atoms with Crippen LogP contribution in [0.25, 0.3) is 6.08 Å². The third-order valence-electron chi connectivity index (χ3n) is 3.02. The lowest BCUT2D eigenvalue weighted by Gasteiger charge is -2.13. The Morgan fingerprint density at radius 2 is 2.22 bits per heavy atom. The second-order valence-electron chi connectivity index (χ2n) is 4.68. The number of thioether (sulfide) groups is 1. The smallest absolute Gasteiger partial charge is 0.303 e. The minimum absolute atomic E-state index is 0.0407. The molecular formula is C14H12N2O5S2. The summed E-state index contributed by atoms with van der Waals surface area (Å²) in [6, 6.07) is 5.94. The highest BCUT2D eigenvalue weighted by atomic mass is 32.2. The van der Waals surface area contributed by atoms with Crippen molar-refractivity contribution in [2.24, 2.45) is 0 Å². The van der Waals surface area contributed by atoms with Crippen LogP contribution in [0.2, 0.25) is 0 Å². The van der Waals surface area contributed by atoms with Gasteiger partial charge in [-0.15, -0.1) is 0 Å². The Labute approximate surface area is 141 Å². The molecule has 0 atom stereocenters. The van der Waals surface area contributed by atoms with E-state index in [2.05, 4.69) is 0 Å². The lowest BCUT2D eigenvalue weighted by molar-refractivity contribution is -0.384. The van der Waals surface area contributed by atoms with Crippen LogP contribution in [0.4, 0.5) is 5.69 Å². The zero-order valence-electron chi connectivity index (χ0n) is 11.8. The third kappa shape index (κ3) is 4.36. The number of carbonyl (C=O) groups excluding carboxylic acids is 1. The quantitative estimate of drug-likeness (QED) is 0.363. The van der Waals surface area contributed by atoms with Gasteiger partial charge in [0.25, 0.3) is 11.6 Å². The number of nitro groups is 1. The predicted molar refractivity (Wildman–Crippen MR) is 89.8 cm³/mol. The first kappa shape index (κ1) is 17.1. The largest absolute Gasteiger partial charge is 0.481 e. The monoisotopic (exact) mass is 352 g/mol. The van der Waals surface area contributed by atoms with Crippen molar-refractivity contribution >= 4 is 51.9 Å². The van der Waals surface area contributed by atoms with Gasteiger partial charge in [0.2, 0.25) is 0 Å². The highest BCUT2D eigenvalue weighted by Gasteiger charge is 2.31. The van der Waals surface area contributed by atoms with Gasteiger partial charge >= 0.3 is 5.97 Å². The number of aliphatic carboxylic acids is 1. The topological polar surface area (TPSA) is 101 Å². The Morgan fingerprint density at radius 3 is 2.87 bits per heavy atom. The molecule has 0 aliphatic carbocycles. The summed E-state index contributed by atoms with van der Waals surface area (Å²) in [4.78, 5) is 34.8.